The number of allylic oxidation sites excluding steroid dienone is 2. The number of hydrogen-bond donors (Lipinski definition) is 0. The Balaban J connectivity index is 3.09. The lowest BCUT2D eigenvalue weighted by Gasteiger charge is -2.39. The molecule has 0 saturated heterocycles. The van der Waals surface area contributed by atoms with E-state index in [9.17, 15) is 0 Å². The van der Waals surface area contributed by atoms with Crippen LogP contribution in [0.5, 0.6) is 0 Å². The highest BCUT2D eigenvalue weighted by molar-refractivity contribution is 6.50. The first kappa shape index (κ1) is 9.41. The summed E-state index contributed by atoms with van der Waals surface area (Å²) in [7, 11) is 0. The van der Waals surface area contributed by atoms with Gasteiger partial charge in [0, 0.05) is 10.8 Å². The lowest BCUT2D eigenvalue weighted by molar-refractivity contribution is 0.304. The Bertz CT molecular complexity index is 180. The van der Waals surface area contributed by atoms with Gasteiger partial charge < -0.3 is 0 Å². The van der Waals surface area contributed by atoms with Gasteiger partial charge in [-0.1, -0.05) is 63.0 Å². The second kappa shape index (κ2) is 2.17. The van der Waals surface area contributed by atoms with Crippen LogP contribution in [0, 0.1) is 10.8 Å². The highest BCUT2D eigenvalue weighted by atomic mass is 35.5. The first-order valence-corrected chi connectivity index (χ1v) is 4.54. The molecule has 0 aliphatic heterocycles. The van der Waals surface area contributed by atoms with E-state index in [0.717, 1.165) is 0 Å². The van der Waals surface area contributed by atoms with Crippen LogP contribution in [0.3, 0.4) is 0 Å². The van der Waals surface area contributed by atoms with Gasteiger partial charge in [-0.05, 0) is 0 Å². The van der Waals surface area contributed by atoms with Gasteiger partial charge in [-0.15, -0.1) is 0 Å². The molecule has 0 aromatic rings. The molecule has 1 aliphatic rings. The minimum Gasteiger partial charge on any atom is -0.0998 e. The monoisotopic (exact) mass is 192 g/mol. The Morgan fingerprint density at radius 1 is 0.818 bits per heavy atom. The molecule has 0 aromatic carbocycles. The van der Waals surface area contributed by atoms with E-state index in [4.69, 9.17) is 23.2 Å². The molecule has 0 spiro atoms. The Kier molecular flexibility index (Phi) is 1.86. The second-order valence-electron chi connectivity index (χ2n) is 4.35. The summed E-state index contributed by atoms with van der Waals surface area (Å²) in [5.41, 5.74) is -0.251. The zero-order valence-electron chi connectivity index (χ0n) is 7.41. The fraction of sp³-hybridized carbons (Fsp3) is 0.778. The minimum atomic E-state index is -0.681. The van der Waals surface area contributed by atoms with Crippen molar-refractivity contribution in [1.29, 1.82) is 0 Å². The third-order valence-corrected chi connectivity index (χ3v) is 4.48. The van der Waals surface area contributed by atoms with Gasteiger partial charge in [-0.25, -0.2) is 0 Å². The van der Waals surface area contributed by atoms with Gasteiger partial charge in [0.1, 0.15) is 4.33 Å². The van der Waals surface area contributed by atoms with E-state index in [-0.39, 0.29) is 10.8 Å². The summed E-state index contributed by atoms with van der Waals surface area (Å²) in [6.07, 6.45) is 4.18. The molecule has 0 atom stereocenters. The number of rotatable bonds is 0. The van der Waals surface area contributed by atoms with Gasteiger partial charge in [0.15, 0.2) is 0 Å². The second-order valence-corrected chi connectivity index (χ2v) is 5.68. The summed E-state index contributed by atoms with van der Waals surface area (Å²) >= 11 is 12.5. The molecule has 1 aliphatic carbocycles. The summed E-state index contributed by atoms with van der Waals surface area (Å²) in [6, 6.07) is 0. The Hall–Kier alpha value is 0.320. The summed E-state index contributed by atoms with van der Waals surface area (Å²) in [5, 5.41) is 0. The SMILES string of the molecule is CC1(C)C=CC(C)(C)C1(Cl)Cl. The maximum atomic E-state index is 6.25. The summed E-state index contributed by atoms with van der Waals surface area (Å²) in [4.78, 5) is 0. The molecule has 0 fully saturated rings. The highest BCUT2D eigenvalue weighted by Gasteiger charge is 2.54. The normalized spacial score (nSPS) is 30.7. The molecule has 0 radical (unpaired) electrons. The van der Waals surface area contributed by atoms with Gasteiger partial charge in [0.2, 0.25) is 0 Å². The summed E-state index contributed by atoms with van der Waals surface area (Å²) in [5.74, 6) is 0. The maximum absolute atomic E-state index is 6.25. The van der Waals surface area contributed by atoms with Crippen LogP contribution in [0.1, 0.15) is 27.7 Å². The summed E-state index contributed by atoms with van der Waals surface area (Å²) in [6.45, 7) is 8.22. The molecule has 0 heterocycles. The van der Waals surface area contributed by atoms with Crippen LogP contribution in [0.2, 0.25) is 0 Å². The van der Waals surface area contributed by atoms with Crippen molar-refractivity contribution in [3.05, 3.63) is 12.2 Å². The van der Waals surface area contributed by atoms with E-state index < -0.39 is 4.33 Å². The van der Waals surface area contributed by atoms with E-state index in [0.29, 0.717) is 0 Å². The maximum Gasteiger partial charge on any atom is 0.135 e. The van der Waals surface area contributed by atoms with E-state index >= 15 is 0 Å². The first-order valence-electron chi connectivity index (χ1n) is 3.79. The van der Waals surface area contributed by atoms with Gasteiger partial charge >= 0.3 is 0 Å². The van der Waals surface area contributed by atoms with E-state index in [1.807, 2.05) is 0 Å². The molecule has 2 heteroatoms. The van der Waals surface area contributed by atoms with Crippen molar-refractivity contribution in [3.8, 4) is 0 Å². The number of alkyl halides is 2. The van der Waals surface area contributed by atoms with Crippen LogP contribution < -0.4 is 0 Å². The van der Waals surface area contributed by atoms with Crippen molar-refractivity contribution >= 4 is 23.2 Å². The molecule has 64 valence electrons. The number of hydrogen-bond acceptors (Lipinski definition) is 0. The van der Waals surface area contributed by atoms with Crippen molar-refractivity contribution in [2.75, 3.05) is 0 Å². The van der Waals surface area contributed by atoms with Crippen LogP contribution in [-0.2, 0) is 0 Å². The average Bonchev–Trinajstić information content (AvgIpc) is 1.93. The molecule has 0 bridgehead atoms. The van der Waals surface area contributed by atoms with Gasteiger partial charge in [-0.3, -0.25) is 0 Å². The van der Waals surface area contributed by atoms with Gasteiger partial charge in [0.25, 0.3) is 0 Å². The molecular formula is C9H14Cl2. The fourth-order valence-electron chi connectivity index (χ4n) is 1.46. The largest absolute Gasteiger partial charge is 0.135 e. The third kappa shape index (κ3) is 1.11. The Labute approximate surface area is 78.6 Å². The van der Waals surface area contributed by atoms with Crippen LogP contribution in [-0.4, -0.2) is 4.33 Å². The number of halogens is 2. The lowest BCUT2D eigenvalue weighted by atomic mass is 9.81. The molecule has 0 saturated carbocycles. The molecule has 0 N–H and O–H groups in total. The zero-order valence-corrected chi connectivity index (χ0v) is 8.92. The molecule has 0 unspecified atom stereocenters. The van der Waals surface area contributed by atoms with Crippen LogP contribution in [0.25, 0.3) is 0 Å². The van der Waals surface area contributed by atoms with Crippen molar-refractivity contribution in [1.82, 2.24) is 0 Å². The van der Waals surface area contributed by atoms with Crippen molar-refractivity contribution in [3.63, 3.8) is 0 Å². The van der Waals surface area contributed by atoms with Crippen LogP contribution in [0.15, 0.2) is 12.2 Å². The molecule has 11 heavy (non-hydrogen) atoms. The highest BCUT2D eigenvalue weighted by Crippen LogP contribution is 2.58. The first-order chi connectivity index (χ1) is 4.71. The predicted molar refractivity (Wildman–Crippen MR) is 51.1 cm³/mol. The minimum absolute atomic E-state index is 0.125. The van der Waals surface area contributed by atoms with Gasteiger partial charge in [0.05, 0.1) is 0 Å². The standard InChI is InChI=1S/C9H14Cl2/c1-7(2)5-6-8(3,4)9(7,10)11/h5-6H,1-4H3. The van der Waals surface area contributed by atoms with E-state index in [1.54, 1.807) is 0 Å². The predicted octanol–water partition coefficient (Wildman–Crippen LogP) is 3.78. The van der Waals surface area contributed by atoms with Crippen molar-refractivity contribution in [2.24, 2.45) is 10.8 Å². The lowest BCUT2D eigenvalue weighted by Crippen LogP contribution is -2.39. The Morgan fingerprint density at radius 2 is 1.09 bits per heavy atom. The van der Waals surface area contributed by atoms with E-state index in [2.05, 4.69) is 39.8 Å². The van der Waals surface area contributed by atoms with Crippen LogP contribution >= 0.6 is 23.2 Å². The quantitative estimate of drug-likeness (QED) is 0.405. The van der Waals surface area contributed by atoms with E-state index in [1.165, 1.54) is 0 Å². The third-order valence-electron chi connectivity index (χ3n) is 2.54. The fourth-order valence-corrected chi connectivity index (χ4v) is 1.71. The topological polar surface area (TPSA) is 0 Å². The molecule has 0 amide bonds. The smallest absolute Gasteiger partial charge is 0.0998 e. The van der Waals surface area contributed by atoms with Gasteiger partial charge in [-0.2, -0.15) is 0 Å². The van der Waals surface area contributed by atoms with Crippen LogP contribution in [0.4, 0.5) is 0 Å². The average molecular weight is 193 g/mol. The zero-order chi connectivity index (χ0) is 8.91. The molecule has 0 nitrogen and oxygen atoms in total. The van der Waals surface area contributed by atoms with Crippen molar-refractivity contribution < 1.29 is 0 Å². The summed E-state index contributed by atoms with van der Waals surface area (Å²) < 4.78 is -0.681. The molecule has 0 aromatic heterocycles. The molecular weight excluding hydrogens is 179 g/mol. The van der Waals surface area contributed by atoms with Crippen molar-refractivity contribution in [2.45, 2.75) is 32.0 Å². The Morgan fingerprint density at radius 3 is 1.18 bits per heavy atom. The molecule has 1 rings (SSSR count).